The van der Waals surface area contributed by atoms with Gasteiger partial charge in [0.2, 0.25) is 0 Å². The Morgan fingerprint density at radius 1 is 1.29 bits per heavy atom. The van der Waals surface area contributed by atoms with E-state index in [1.807, 2.05) is 29.1 Å². The van der Waals surface area contributed by atoms with Crippen LogP contribution in [0.15, 0.2) is 34.9 Å². The van der Waals surface area contributed by atoms with Crippen molar-refractivity contribution in [3.63, 3.8) is 0 Å². The van der Waals surface area contributed by atoms with Crippen molar-refractivity contribution in [3.05, 3.63) is 46.2 Å². The van der Waals surface area contributed by atoms with Gasteiger partial charge in [-0.25, -0.2) is 4.68 Å². The molecule has 0 radical (unpaired) electrons. The molecule has 0 spiro atoms. The Hall–Kier alpha value is -1.20. The molecule has 0 atom stereocenters. The highest BCUT2D eigenvalue weighted by molar-refractivity contribution is 9.10. The molecule has 1 heterocycles. The lowest BCUT2D eigenvalue weighted by Crippen LogP contribution is -2.00. The van der Waals surface area contributed by atoms with E-state index in [0.29, 0.717) is 6.54 Å². The molecule has 0 aliphatic carbocycles. The Balaban J connectivity index is 2.04. The van der Waals surface area contributed by atoms with Gasteiger partial charge in [0.05, 0.1) is 12.2 Å². The van der Waals surface area contributed by atoms with E-state index < -0.39 is 0 Å². The first-order valence-corrected chi connectivity index (χ1v) is 6.32. The first kappa shape index (κ1) is 12.3. The first-order chi connectivity index (χ1) is 8.29. The lowest BCUT2D eigenvalue weighted by molar-refractivity contribution is 0.288. The van der Waals surface area contributed by atoms with E-state index in [1.54, 1.807) is 0 Å². The SMILES string of the molecule is OCCCc1cn(Cc2ccccc2Br)nn1. The average Bonchev–Trinajstić information content (AvgIpc) is 2.77. The van der Waals surface area contributed by atoms with Gasteiger partial charge in [-0.3, -0.25) is 0 Å². The summed E-state index contributed by atoms with van der Waals surface area (Å²) in [6.45, 7) is 0.893. The lowest BCUT2D eigenvalue weighted by Gasteiger charge is -2.02. The summed E-state index contributed by atoms with van der Waals surface area (Å²) in [5, 5.41) is 16.9. The van der Waals surface area contributed by atoms with Gasteiger partial charge in [-0.15, -0.1) is 5.10 Å². The maximum atomic E-state index is 8.74. The molecule has 2 aromatic rings. The van der Waals surface area contributed by atoms with Crippen molar-refractivity contribution in [3.8, 4) is 0 Å². The Morgan fingerprint density at radius 3 is 2.88 bits per heavy atom. The Bertz CT molecular complexity index is 484. The third-order valence-electron chi connectivity index (χ3n) is 2.47. The van der Waals surface area contributed by atoms with Crippen LogP contribution in [0.5, 0.6) is 0 Å². The zero-order valence-corrected chi connectivity index (χ0v) is 11.0. The first-order valence-electron chi connectivity index (χ1n) is 5.53. The van der Waals surface area contributed by atoms with Crippen molar-refractivity contribution in [2.24, 2.45) is 0 Å². The highest BCUT2D eigenvalue weighted by Crippen LogP contribution is 2.16. The maximum absolute atomic E-state index is 8.74. The Morgan fingerprint density at radius 2 is 2.12 bits per heavy atom. The minimum Gasteiger partial charge on any atom is -0.396 e. The van der Waals surface area contributed by atoms with E-state index in [-0.39, 0.29) is 6.61 Å². The van der Waals surface area contributed by atoms with E-state index in [2.05, 4.69) is 32.3 Å². The van der Waals surface area contributed by atoms with E-state index in [4.69, 9.17) is 5.11 Å². The van der Waals surface area contributed by atoms with Gasteiger partial charge in [-0.1, -0.05) is 39.3 Å². The van der Waals surface area contributed by atoms with Crippen molar-refractivity contribution in [1.29, 1.82) is 0 Å². The summed E-state index contributed by atoms with van der Waals surface area (Å²) in [5.41, 5.74) is 2.09. The second kappa shape index (κ2) is 5.93. The second-order valence-corrected chi connectivity index (χ2v) is 4.68. The summed E-state index contributed by atoms with van der Waals surface area (Å²) in [5.74, 6) is 0. The average molecular weight is 296 g/mol. The fourth-order valence-corrected chi connectivity index (χ4v) is 2.00. The van der Waals surface area contributed by atoms with Crippen LogP contribution in [0, 0.1) is 0 Å². The molecule has 17 heavy (non-hydrogen) atoms. The molecule has 90 valence electrons. The Kier molecular flexibility index (Phi) is 4.28. The topological polar surface area (TPSA) is 50.9 Å². The number of aryl methyl sites for hydroxylation is 1. The Labute approximate surface area is 108 Å². The molecule has 1 aromatic heterocycles. The molecule has 0 saturated heterocycles. The lowest BCUT2D eigenvalue weighted by atomic mass is 10.2. The molecule has 0 saturated carbocycles. The minimum atomic E-state index is 0.192. The van der Waals surface area contributed by atoms with Crippen molar-refractivity contribution in [1.82, 2.24) is 15.0 Å². The largest absolute Gasteiger partial charge is 0.396 e. The van der Waals surface area contributed by atoms with Crippen LogP contribution < -0.4 is 0 Å². The van der Waals surface area contributed by atoms with Crippen molar-refractivity contribution in [2.75, 3.05) is 6.61 Å². The van der Waals surface area contributed by atoms with Gasteiger partial charge in [0.25, 0.3) is 0 Å². The molecule has 2 rings (SSSR count). The number of aliphatic hydroxyl groups is 1. The van der Waals surface area contributed by atoms with Crippen LogP contribution in [-0.2, 0) is 13.0 Å². The van der Waals surface area contributed by atoms with Crippen LogP contribution >= 0.6 is 15.9 Å². The number of aliphatic hydroxyl groups excluding tert-OH is 1. The predicted molar refractivity (Wildman–Crippen MR) is 68.7 cm³/mol. The van der Waals surface area contributed by atoms with Gasteiger partial charge in [-0.05, 0) is 24.5 Å². The van der Waals surface area contributed by atoms with Gasteiger partial charge in [0.1, 0.15) is 0 Å². The predicted octanol–water partition coefficient (Wildman–Crippen LogP) is 2.01. The standard InChI is InChI=1S/C12H14BrN3O/c13-12-6-2-1-4-10(12)8-16-9-11(14-15-16)5-3-7-17/h1-2,4,6,9,17H,3,5,7-8H2. The zero-order chi connectivity index (χ0) is 12.1. The van der Waals surface area contributed by atoms with Crippen LogP contribution in [0.3, 0.4) is 0 Å². The molecule has 0 amide bonds. The van der Waals surface area contributed by atoms with Gasteiger partial charge in [-0.2, -0.15) is 0 Å². The molecule has 0 bridgehead atoms. The van der Waals surface area contributed by atoms with E-state index in [9.17, 15) is 0 Å². The van der Waals surface area contributed by atoms with Crippen LogP contribution in [0.4, 0.5) is 0 Å². The number of hydrogen-bond donors (Lipinski definition) is 1. The van der Waals surface area contributed by atoms with E-state index in [1.165, 1.54) is 5.56 Å². The van der Waals surface area contributed by atoms with Crippen LogP contribution in [0.25, 0.3) is 0 Å². The van der Waals surface area contributed by atoms with Crippen LogP contribution in [0.2, 0.25) is 0 Å². The molecule has 1 aromatic carbocycles. The summed E-state index contributed by atoms with van der Waals surface area (Å²) in [7, 11) is 0. The molecule has 4 nitrogen and oxygen atoms in total. The third kappa shape index (κ3) is 3.38. The normalized spacial score (nSPS) is 10.7. The molecular formula is C12H14BrN3O. The third-order valence-corrected chi connectivity index (χ3v) is 3.24. The second-order valence-electron chi connectivity index (χ2n) is 3.83. The number of benzene rings is 1. The highest BCUT2D eigenvalue weighted by Gasteiger charge is 2.03. The van der Waals surface area contributed by atoms with E-state index >= 15 is 0 Å². The fraction of sp³-hybridized carbons (Fsp3) is 0.333. The maximum Gasteiger partial charge on any atom is 0.0828 e. The highest BCUT2D eigenvalue weighted by atomic mass is 79.9. The molecular weight excluding hydrogens is 282 g/mol. The van der Waals surface area contributed by atoms with Crippen molar-refractivity contribution < 1.29 is 5.11 Å². The smallest absolute Gasteiger partial charge is 0.0828 e. The summed E-state index contributed by atoms with van der Waals surface area (Å²) >= 11 is 3.51. The quantitative estimate of drug-likeness (QED) is 0.918. The fourth-order valence-electron chi connectivity index (χ4n) is 1.59. The monoisotopic (exact) mass is 295 g/mol. The molecule has 0 fully saturated rings. The summed E-state index contributed by atoms with van der Waals surface area (Å²) in [4.78, 5) is 0. The molecule has 5 heteroatoms. The molecule has 0 aliphatic heterocycles. The van der Waals surface area contributed by atoms with Gasteiger partial charge < -0.3 is 5.11 Å². The van der Waals surface area contributed by atoms with Crippen LogP contribution in [-0.4, -0.2) is 26.7 Å². The van der Waals surface area contributed by atoms with Crippen LogP contribution in [0.1, 0.15) is 17.7 Å². The number of hydrogen-bond acceptors (Lipinski definition) is 3. The van der Waals surface area contributed by atoms with Crippen molar-refractivity contribution in [2.45, 2.75) is 19.4 Å². The number of halogens is 1. The summed E-state index contributed by atoms with van der Waals surface area (Å²) < 4.78 is 2.89. The summed E-state index contributed by atoms with van der Waals surface area (Å²) in [6.07, 6.45) is 3.43. The number of nitrogens with zero attached hydrogens (tertiary/aromatic N) is 3. The summed E-state index contributed by atoms with van der Waals surface area (Å²) in [6, 6.07) is 8.06. The zero-order valence-electron chi connectivity index (χ0n) is 9.38. The van der Waals surface area contributed by atoms with Gasteiger partial charge >= 0.3 is 0 Å². The van der Waals surface area contributed by atoms with Crippen molar-refractivity contribution >= 4 is 15.9 Å². The minimum absolute atomic E-state index is 0.192. The molecule has 0 unspecified atom stereocenters. The van der Waals surface area contributed by atoms with E-state index in [0.717, 1.165) is 23.0 Å². The number of rotatable bonds is 5. The van der Waals surface area contributed by atoms with Gasteiger partial charge in [0.15, 0.2) is 0 Å². The van der Waals surface area contributed by atoms with Gasteiger partial charge in [0, 0.05) is 17.3 Å². The number of aromatic nitrogens is 3. The molecule has 1 N–H and O–H groups in total. The molecule has 0 aliphatic rings.